The number of aromatic hydroxyl groups is 1. The second-order valence-electron chi connectivity index (χ2n) is 8.77. The number of hydrogen-bond donors (Lipinski definition) is 2. The molecule has 0 spiro atoms. The van der Waals surface area contributed by atoms with Crippen LogP contribution in [-0.4, -0.2) is 39.2 Å². The van der Waals surface area contributed by atoms with Crippen LogP contribution >= 0.6 is 11.8 Å². The first-order chi connectivity index (χ1) is 17.1. The minimum absolute atomic E-state index is 0.119. The largest absolute Gasteiger partial charge is 0.502 e. The van der Waals surface area contributed by atoms with Crippen LogP contribution in [0.25, 0.3) is 0 Å². The van der Waals surface area contributed by atoms with Crippen molar-refractivity contribution in [3.05, 3.63) is 92.9 Å². The normalized spacial score (nSPS) is 19.4. The average molecular weight is 520 g/mol. The number of rotatable bonds is 0. The lowest BCUT2D eigenvalue weighted by atomic mass is 10.0. The van der Waals surface area contributed by atoms with Gasteiger partial charge in [-0.05, 0) is 29.7 Å². The number of thioether (sulfide) groups is 1. The van der Waals surface area contributed by atoms with Gasteiger partial charge in [-0.2, -0.15) is 0 Å². The Hall–Kier alpha value is -3.47. The molecule has 0 unspecified atom stereocenters. The Bertz CT molecular complexity index is 1410. The van der Waals surface area contributed by atoms with E-state index < -0.39 is 53.6 Å². The van der Waals surface area contributed by atoms with E-state index in [1.54, 1.807) is 17.8 Å². The van der Waals surface area contributed by atoms with E-state index in [0.29, 0.717) is 17.7 Å². The zero-order chi connectivity index (χ0) is 25.6. The fourth-order valence-corrected chi connectivity index (χ4v) is 5.64. The Morgan fingerprint density at radius 2 is 1.83 bits per heavy atom. The number of nitrogens with one attached hydrogen (secondary N) is 1. The molecule has 3 aromatic rings. The van der Waals surface area contributed by atoms with Crippen LogP contribution in [0.5, 0.6) is 5.75 Å². The third kappa shape index (κ3) is 4.43. The summed E-state index contributed by atoms with van der Waals surface area (Å²) in [5, 5.41) is 9.64. The predicted molar refractivity (Wildman–Crippen MR) is 126 cm³/mol. The summed E-state index contributed by atoms with van der Waals surface area (Å²) in [5.74, 6) is -5.06. The van der Waals surface area contributed by atoms with Crippen LogP contribution in [0.15, 0.2) is 58.4 Å². The van der Waals surface area contributed by atoms with Crippen molar-refractivity contribution >= 4 is 17.7 Å². The van der Waals surface area contributed by atoms with Gasteiger partial charge in [0.15, 0.2) is 23.1 Å². The molecular formula is C25H21F4N3O3S. The van der Waals surface area contributed by atoms with Crippen molar-refractivity contribution < 1.29 is 27.5 Å². The van der Waals surface area contributed by atoms with Crippen molar-refractivity contribution in [2.75, 3.05) is 12.0 Å². The van der Waals surface area contributed by atoms with Crippen molar-refractivity contribution in [3.63, 3.8) is 0 Å². The van der Waals surface area contributed by atoms with Gasteiger partial charge in [-0.3, -0.25) is 14.3 Å². The van der Waals surface area contributed by atoms with Crippen molar-refractivity contribution in [2.45, 2.75) is 42.0 Å². The number of alkyl halides is 2. The zero-order valence-electron chi connectivity index (χ0n) is 18.8. The molecule has 1 atom stereocenters. The van der Waals surface area contributed by atoms with Crippen LogP contribution in [0.2, 0.25) is 0 Å². The summed E-state index contributed by atoms with van der Waals surface area (Å²) in [7, 11) is 0. The van der Waals surface area contributed by atoms with E-state index in [1.165, 1.54) is 22.7 Å². The fraction of sp³-hybridized carbons (Fsp3) is 0.280. The van der Waals surface area contributed by atoms with Crippen molar-refractivity contribution in [3.8, 4) is 5.75 Å². The number of hydrogen-bond acceptors (Lipinski definition) is 5. The number of amides is 1. The van der Waals surface area contributed by atoms with Crippen molar-refractivity contribution in [1.29, 1.82) is 0 Å². The molecule has 0 radical (unpaired) electrons. The second-order valence-corrected chi connectivity index (χ2v) is 9.79. The number of piperidine rings is 1. The summed E-state index contributed by atoms with van der Waals surface area (Å²) < 4.78 is 54.7. The topological polar surface area (TPSA) is 74.6 Å². The lowest BCUT2D eigenvalue weighted by Crippen LogP contribution is -2.59. The van der Waals surface area contributed by atoms with E-state index in [-0.39, 0.29) is 12.2 Å². The van der Waals surface area contributed by atoms with E-state index >= 15 is 0 Å². The maximum Gasteiger partial charge on any atom is 0.278 e. The lowest BCUT2D eigenvalue weighted by molar-refractivity contribution is -0.0692. The summed E-state index contributed by atoms with van der Waals surface area (Å²) in [5.41, 5.74) is 4.38. The number of carbonyl (C=O) groups is 1. The van der Waals surface area contributed by atoms with E-state index in [0.717, 1.165) is 21.2 Å². The molecule has 6 nitrogen and oxygen atoms in total. The molecule has 1 aromatic heterocycles. The molecule has 3 aliphatic rings. The van der Waals surface area contributed by atoms with Gasteiger partial charge in [-0.1, -0.05) is 24.3 Å². The van der Waals surface area contributed by atoms with E-state index in [4.69, 9.17) is 0 Å². The first kappa shape index (κ1) is 24.2. The summed E-state index contributed by atoms with van der Waals surface area (Å²) in [6.07, 6.45) is 0.167. The van der Waals surface area contributed by atoms with Crippen molar-refractivity contribution in [1.82, 2.24) is 9.58 Å². The standard InChI is InChI=1S/C14H10F2S.C11H11F2N3O3/c15-12-6-5-9-7-10-3-1-2-4-13(10)17-8-11(9)14(12)16;12-11(13)2-4-15-7(5-11)14-16-3-1-6(17)9(18)8(16)10(15)19/h1-6H,7-8H2;1,3,7,14,18H,2,4-5H2/t;7-/m.0/s1. The molecule has 6 rings (SSSR count). The Labute approximate surface area is 207 Å². The fourth-order valence-electron chi connectivity index (χ4n) is 4.53. The van der Waals surface area contributed by atoms with Crippen LogP contribution < -0.4 is 10.9 Å². The predicted octanol–water partition coefficient (Wildman–Crippen LogP) is 4.47. The molecule has 0 aliphatic carbocycles. The highest BCUT2D eigenvalue weighted by Gasteiger charge is 2.45. The minimum Gasteiger partial charge on any atom is -0.502 e. The maximum atomic E-state index is 13.7. The number of aromatic nitrogens is 1. The van der Waals surface area contributed by atoms with Crippen LogP contribution in [0, 0.1) is 11.6 Å². The number of nitrogens with zero attached hydrogens (tertiary/aromatic N) is 2. The van der Waals surface area contributed by atoms with Crippen LogP contribution in [0.4, 0.5) is 17.6 Å². The average Bonchev–Trinajstić information content (AvgIpc) is 3.03. The third-order valence-corrected chi connectivity index (χ3v) is 7.57. The second kappa shape index (κ2) is 9.20. The molecule has 11 heteroatoms. The molecular weight excluding hydrogens is 498 g/mol. The first-order valence-corrected chi connectivity index (χ1v) is 12.2. The van der Waals surface area contributed by atoms with E-state index in [1.807, 2.05) is 24.3 Å². The van der Waals surface area contributed by atoms with Gasteiger partial charge >= 0.3 is 0 Å². The summed E-state index contributed by atoms with van der Waals surface area (Å²) in [6, 6.07) is 12.0. The van der Waals surface area contributed by atoms with Gasteiger partial charge in [0.25, 0.3) is 11.8 Å². The van der Waals surface area contributed by atoms with Crippen molar-refractivity contribution in [2.24, 2.45) is 0 Å². The summed E-state index contributed by atoms with van der Waals surface area (Å²) in [4.78, 5) is 25.8. The number of fused-ring (bicyclic) bond motifs is 4. The molecule has 0 saturated carbocycles. The molecule has 1 saturated heterocycles. The van der Waals surface area contributed by atoms with Crippen LogP contribution in [0.3, 0.4) is 0 Å². The number of carbonyl (C=O) groups excluding carboxylic acids is 1. The molecule has 3 aliphatic heterocycles. The number of benzene rings is 2. The smallest absolute Gasteiger partial charge is 0.278 e. The SMILES string of the molecule is Fc1ccc2c(c1F)CSc1ccccc1C2.O=C1c2c(O)c(=O)ccn2N[C@@H]2CC(F)(F)CCN12. The molecule has 4 heterocycles. The number of pyridine rings is 1. The van der Waals surface area contributed by atoms with E-state index in [2.05, 4.69) is 5.43 Å². The van der Waals surface area contributed by atoms with Crippen LogP contribution in [-0.2, 0) is 12.2 Å². The summed E-state index contributed by atoms with van der Waals surface area (Å²) in [6.45, 7) is -0.119. The zero-order valence-corrected chi connectivity index (χ0v) is 19.6. The van der Waals surface area contributed by atoms with Gasteiger partial charge in [0.05, 0.1) is 6.42 Å². The maximum absolute atomic E-state index is 13.7. The first-order valence-electron chi connectivity index (χ1n) is 11.2. The quantitative estimate of drug-likeness (QED) is 0.429. The number of halogens is 4. The Kier molecular flexibility index (Phi) is 6.19. The molecule has 1 amide bonds. The Balaban J connectivity index is 0.000000149. The van der Waals surface area contributed by atoms with Gasteiger partial charge in [-0.25, -0.2) is 17.6 Å². The minimum atomic E-state index is -2.83. The highest BCUT2D eigenvalue weighted by Crippen LogP contribution is 2.36. The Morgan fingerprint density at radius 3 is 2.64 bits per heavy atom. The molecule has 1 fully saturated rings. The van der Waals surface area contributed by atoms with Gasteiger partial charge in [0.2, 0.25) is 5.43 Å². The van der Waals surface area contributed by atoms with Crippen LogP contribution in [0.1, 0.15) is 40.0 Å². The monoisotopic (exact) mass is 519 g/mol. The lowest BCUT2D eigenvalue weighted by Gasteiger charge is -2.43. The van der Waals surface area contributed by atoms with Gasteiger partial charge < -0.3 is 15.4 Å². The molecule has 2 aromatic carbocycles. The Morgan fingerprint density at radius 1 is 1.06 bits per heavy atom. The van der Waals surface area contributed by atoms with Gasteiger partial charge in [0, 0.05) is 41.4 Å². The molecule has 2 N–H and O–H groups in total. The molecule has 188 valence electrons. The van der Waals surface area contributed by atoms with E-state index in [9.17, 15) is 32.3 Å². The van der Waals surface area contributed by atoms with Gasteiger partial charge in [0.1, 0.15) is 6.17 Å². The highest BCUT2D eigenvalue weighted by atomic mass is 32.2. The third-order valence-electron chi connectivity index (χ3n) is 6.43. The highest BCUT2D eigenvalue weighted by molar-refractivity contribution is 7.98. The molecule has 36 heavy (non-hydrogen) atoms. The summed E-state index contributed by atoms with van der Waals surface area (Å²) >= 11 is 1.57. The van der Waals surface area contributed by atoms with Gasteiger partial charge in [-0.15, -0.1) is 11.8 Å². The molecule has 0 bridgehead atoms.